The highest BCUT2D eigenvalue weighted by Gasteiger charge is 2.20. The van der Waals surface area contributed by atoms with Crippen LogP contribution in [0.15, 0.2) is 0 Å². The lowest BCUT2D eigenvalue weighted by atomic mass is 10.2. The first-order valence-electron chi connectivity index (χ1n) is 4.30. The van der Waals surface area contributed by atoms with Crippen LogP contribution in [0.1, 0.15) is 27.7 Å². The predicted molar refractivity (Wildman–Crippen MR) is 49.3 cm³/mol. The van der Waals surface area contributed by atoms with Gasteiger partial charge in [0.1, 0.15) is 0 Å². The van der Waals surface area contributed by atoms with Crippen LogP contribution in [-0.4, -0.2) is 29.4 Å². The fourth-order valence-corrected chi connectivity index (χ4v) is 1.36. The van der Waals surface area contributed by atoms with Crippen LogP contribution in [0.25, 0.3) is 0 Å². The molecule has 0 saturated carbocycles. The number of rotatable bonds is 4. The fraction of sp³-hybridized carbons (Fsp3) is 0.875. The average Bonchev–Trinajstić information content (AvgIpc) is 2.03. The number of nitrogens with two attached hydrogens (primary N) is 1. The summed E-state index contributed by atoms with van der Waals surface area (Å²) in [6.45, 7) is 8.85. The van der Waals surface area contributed by atoms with Crippen molar-refractivity contribution < 1.29 is 4.79 Å². The number of carbonyl (C=O) groups excluding carboxylic acids is 1. The molecule has 0 saturated heterocycles. The molecule has 1 atom stereocenters. The first kappa shape index (κ1) is 11.4. The molecule has 0 rings (SSSR count). The van der Waals surface area contributed by atoms with E-state index in [1.165, 1.54) is 0 Å². The summed E-state index contributed by atoms with van der Waals surface area (Å²) in [5.74, 6) is 4.91. The molecule has 4 nitrogen and oxygen atoms in total. The number of hydrogen-bond acceptors (Lipinski definition) is 3. The van der Waals surface area contributed by atoms with Gasteiger partial charge in [-0.15, -0.1) is 0 Å². The van der Waals surface area contributed by atoms with Gasteiger partial charge in [-0.3, -0.25) is 15.1 Å². The van der Waals surface area contributed by atoms with Gasteiger partial charge in [-0.2, -0.15) is 0 Å². The Kier molecular flexibility index (Phi) is 4.85. The maximum atomic E-state index is 11.1. The lowest BCUT2D eigenvalue weighted by Crippen LogP contribution is -2.49. The van der Waals surface area contributed by atoms with Crippen molar-refractivity contribution in [1.82, 2.24) is 10.3 Å². The Balaban J connectivity index is 4.20. The van der Waals surface area contributed by atoms with Crippen LogP contribution in [0.4, 0.5) is 0 Å². The van der Waals surface area contributed by atoms with Gasteiger partial charge in [-0.05, 0) is 27.3 Å². The van der Waals surface area contributed by atoms with E-state index in [1.807, 2.05) is 13.8 Å². The topological polar surface area (TPSA) is 58.4 Å². The molecule has 0 aromatic heterocycles. The van der Waals surface area contributed by atoms with Crippen LogP contribution < -0.4 is 11.3 Å². The number of likely N-dealkylation sites (N-methyl/N-ethyl adjacent to an activating group) is 1. The van der Waals surface area contributed by atoms with Crippen LogP contribution in [0.2, 0.25) is 0 Å². The van der Waals surface area contributed by atoms with Crippen LogP contribution in [0.3, 0.4) is 0 Å². The minimum atomic E-state index is -0.153. The molecular weight excluding hydrogens is 154 g/mol. The van der Waals surface area contributed by atoms with Gasteiger partial charge < -0.3 is 0 Å². The Bertz CT molecular complexity index is 147. The SMILES string of the molecule is CCN(C(C)C)C(C)C(=O)NN. The maximum absolute atomic E-state index is 11.1. The minimum absolute atomic E-state index is 0.134. The number of nitrogens with one attached hydrogen (secondary N) is 1. The molecule has 12 heavy (non-hydrogen) atoms. The summed E-state index contributed by atoms with van der Waals surface area (Å²) in [6, 6.07) is 0.210. The third-order valence-corrected chi connectivity index (χ3v) is 2.05. The van der Waals surface area contributed by atoms with Gasteiger partial charge in [0, 0.05) is 6.04 Å². The second kappa shape index (κ2) is 5.11. The lowest BCUT2D eigenvalue weighted by molar-refractivity contribution is -0.126. The summed E-state index contributed by atoms with van der Waals surface area (Å²) in [4.78, 5) is 13.2. The summed E-state index contributed by atoms with van der Waals surface area (Å²) in [5.41, 5.74) is 2.15. The number of nitrogens with zero attached hydrogens (tertiary/aromatic N) is 1. The van der Waals surface area contributed by atoms with Crippen molar-refractivity contribution in [3.63, 3.8) is 0 Å². The molecule has 0 aliphatic carbocycles. The molecule has 1 unspecified atom stereocenters. The van der Waals surface area contributed by atoms with Crippen molar-refractivity contribution in [2.24, 2.45) is 5.84 Å². The summed E-state index contributed by atoms with van der Waals surface area (Å²) >= 11 is 0. The lowest BCUT2D eigenvalue weighted by Gasteiger charge is -2.29. The van der Waals surface area contributed by atoms with Crippen LogP contribution in [0, 0.1) is 0 Å². The molecule has 0 bridgehead atoms. The summed E-state index contributed by atoms with van der Waals surface area (Å²) < 4.78 is 0. The van der Waals surface area contributed by atoms with Crippen molar-refractivity contribution in [3.8, 4) is 0 Å². The third kappa shape index (κ3) is 2.79. The smallest absolute Gasteiger partial charge is 0.250 e. The number of amides is 1. The Morgan fingerprint density at radius 1 is 1.50 bits per heavy atom. The quantitative estimate of drug-likeness (QED) is 0.360. The van der Waals surface area contributed by atoms with E-state index in [2.05, 4.69) is 24.2 Å². The predicted octanol–water partition coefficient (Wildman–Crippen LogP) is 0.0951. The molecule has 0 aromatic rings. The first-order valence-corrected chi connectivity index (χ1v) is 4.30. The highest BCUT2D eigenvalue weighted by Crippen LogP contribution is 2.03. The van der Waals surface area contributed by atoms with E-state index >= 15 is 0 Å². The summed E-state index contributed by atoms with van der Waals surface area (Å²) in [5, 5.41) is 0. The normalized spacial score (nSPS) is 13.6. The Morgan fingerprint density at radius 3 is 2.25 bits per heavy atom. The number of hydrogen-bond donors (Lipinski definition) is 2. The first-order chi connectivity index (χ1) is 5.54. The van der Waals surface area contributed by atoms with Gasteiger partial charge in [-0.25, -0.2) is 5.84 Å². The van der Waals surface area contributed by atoms with E-state index < -0.39 is 0 Å². The second-order valence-corrected chi connectivity index (χ2v) is 3.11. The highest BCUT2D eigenvalue weighted by atomic mass is 16.2. The van der Waals surface area contributed by atoms with Crippen molar-refractivity contribution in [2.75, 3.05) is 6.54 Å². The third-order valence-electron chi connectivity index (χ3n) is 2.05. The molecule has 0 heterocycles. The van der Waals surface area contributed by atoms with E-state index in [1.54, 1.807) is 0 Å². The highest BCUT2D eigenvalue weighted by molar-refractivity contribution is 5.80. The zero-order chi connectivity index (χ0) is 9.72. The van der Waals surface area contributed by atoms with Gasteiger partial charge in [-0.1, -0.05) is 6.92 Å². The van der Waals surface area contributed by atoms with Crippen LogP contribution in [0.5, 0.6) is 0 Å². The second-order valence-electron chi connectivity index (χ2n) is 3.11. The van der Waals surface area contributed by atoms with Crippen molar-refractivity contribution >= 4 is 5.91 Å². The van der Waals surface area contributed by atoms with Gasteiger partial charge in [0.15, 0.2) is 0 Å². The number of carbonyl (C=O) groups is 1. The van der Waals surface area contributed by atoms with E-state index in [0.29, 0.717) is 6.04 Å². The van der Waals surface area contributed by atoms with Gasteiger partial charge in [0.05, 0.1) is 6.04 Å². The molecule has 0 radical (unpaired) electrons. The van der Waals surface area contributed by atoms with Gasteiger partial charge >= 0.3 is 0 Å². The summed E-state index contributed by atoms with van der Waals surface area (Å²) in [6.07, 6.45) is 0. The largest absolute Gasteiger partial charge is 0.293 e. The molecule has 0 aromatic carbocycles. The van der Waals surface area contributed by atoms with Crippen molar-refractivity contribution in [2.45, 2.75) is 39.8 Å². The zero-order valence-electron chi connectivity index (χ0n) is 8.29. The van der Waals surface area contributed by atoms with Crippen molar-refractivity contribution in [3.05, 3.63) is 0 Å². The number of hydrazine groups is 1. The Morgan fingerprint density at radius 2 is 2.00 bits per heavy atom. The molecule has 3 N–H and O–H groups in total. The monoisotopic (exact) mass is 173 g/mol. The van der Waals surface area contributed by atoms with Crippen molar-refractivity contribution in [1.29, 1.82) is 0 Å². The molecular formula is C8H19N3O. The minimum Gasteiger partial charge on any atom is -0.293 e. The fourth-order valence-electron chi connectivity index (χ4n) is 1.36. The van der Waals surface area contributed by atoms with Crippen LogP contribution >= 0.6 is 0 Å². The van der Waals surface area contributed by atoms with E-state index in [-0.39, 0.29) is 11.9 Å². The van der Waals surface area contributed by atoms with Gasteiger partial charge in [0.2, 0.25) is 0 Å². The molecule has 1 amide bonds. The Hall–Kier alpha value is -0.610. The molecule has 0 aliphatic heterocycles. The molecule has 4 heteroatoms. The van der Waals surface area contributed by atoms with E-state index in [4.69, 9.17) is 5.84 Å². The van der Waals surface area contributed by atoms with E-state index in [0.717, 1.165) is 6.54 Å². The molecule has 0 fully saturated rings. The van der Waals surface area contributed by atoms with Gasteiger partial charge in [0.25, 0.3) is 5.91 Å². The molecule has 72 valence electrons. The maximum Gasteiger partial charge on any atom is 0.250 e. The molecule has 0 aliphatic rings. The summed E-state index contributed by atoms with van der Waals surface area (Å²) in [7, 11) is 0. The van der Waals surface area contributed by atoms with Crippen LogP contribution in [-0.2, 0) is 4.79 Å². The zero-order valence-corrected chi connectivity index (χ0v) is 8.29. The Labute approximate surface area is 74.1 Å². The average molecular weight is 173 g/mol. The standard InChI is InChI=1S/C8H19N3O/c1-5-11(6(2)3)7(4)8(12)10-9/h6-7H,5,9H2,1-4H3,(H,10,12). The van der Waals surface area contributed by atoms with E-state index in [9.17, 15) is 4.79 Å². The molecule has 0 spiro atoms.